The maximum atomic E-state index is 13.1. The molecular weight excluding hydrogens is 476 g/mol. The predicted octanol–water partition coefficient (Wildman–Crippen LogP) is 5.07. The highest BCUT2D eigenvalue weighted by atomic mass is 79.9. The second-order valence-corrected chi connectivity index (χ2v) is 11.2. The van der Waals surface area contributed by atoms with E-state index in [1.54, 1.807) is 6.07 Å². The third kappa shape index (κ3) is 3.20. The van der Waals surface area contributed by atoms with Crippen molar-refractivity contribution in [2.75, 3.05) is 0 Å². The van der Waals surface area contributed by atoms with Gasteiger partial charge in [0.1, 0.15) is 16.0 Å². The first-order valence-electron chi connectivity index (χ1n) is 9.28. The first-order valence-corrected chi connectivity index (χ1v) is 10.9. The molecule has 4 atom stereocenters. The van der Waals surface area contributed by atoms with Gasteiger partial charge in [0.2, 0.25) is 5.91 Å². The molecule has 5 rings (SSSR count). The van der Waals surface area contributed by atoms with Crippen LogP contribution in [0.15, 0.2) is 20.1 Å². The Bertz CT molecular complexity index is 836. The number of nitrogens with zero attached hydrogens (tertiary/aromatic N) is 1. The van der Waals surface area contributed by atoms with Crippen molar-refractivity contribution in [3.05, 3.63) is 20.6 Å². The Hall–Kier alpha value is -1.08. The zero-order valence-corrected chi connectivity index (χ0v) is 18.7. The van der Waals surface area contributed by atoms with Crippen molar-refractivity contribution in [1.29, 1.82) is 0 Å². The van der Waals surface area contributed by atoms with Crippen LogP contribution in [-0.4, -0.2) is 22.3 Å². The first kappa shape index (κ1) is 19.2. The average Bonchev–Trinajstić information content (AvgIpc) is 2.54. The van der Waals surface area contributed by atoms with E-state index in [0.717, 1.165) is 19.3 Å². The number of carbonyl (C=O) groups is 1. The molecule has 1 aromatic carbocycles. The normalized spacial score (nSPS) is 37.1. The molecule has 0 saturated heterocycles. The molecule has 1 aromatic rings. The molecule has 0 aromatic heterocycles. The van der Waals surface area contributed by atoms with Crippen molar-refractivity contribution in [3.8, 4) is 11.5 Å². The van der Waals surface area contributed by atoms with E-state index >= 15 is 0 Å². The van der Waals surface area contributed by atoms with Gasteiger partial charge in [-0.2, -0.15) is 5.10 Å². The van der Waals surface area contributed by atoms with Crippen LogP contribution in [-0.2, 0) is 4.79 Å². The Morgan fingerprint density at radius 1 is 1.15 bits per heavy atom. The Morgan fingerprint density at radius 3 is 2.37 bits per heavy atom. The van der Waals surface area contributed by atoms with Gasteiger partial charge in [-0.25, -0.2) is 5.43 Å². The van der Waals surface area contributed by atoms with E-state index in [2.05, 4.69) is 56.2 Å². The summed E-state index contributed by atoms with van der Waals surface area (Å²) in [5, 5.41) is 24.0. The van der Waals surface area contributed by atoms with E-state index in [0.29, 0.717) is 16.0 Å². The second kappa shape index (κ2) is 6.21. The van der Waals surface area contributed by atoms with Crippen molar-refractivity contribution in [2.45, 2.75) is 52.4 Å². The Morgan fingerprint density at radius 2 is 1.78 bits per heavy atom. The molecule has 4 aliphatic rings. The Labute approximate surface area is 175 Å². The molecular formula is C20H24Br2N2O3. The predicted molar refractivity (Wildman–Crippen MR) is 111 cm³/mol. The van der Waals surface area contributed by atoms with Crippen LogP contribution in [0.5, 0.6) is 11.5 Å². The highest BCUT2D eigenvalue weighted by Gasteiger charge is 2.62. The SMILES string of the molecule is C[C@]12CC3CC(C(=O)N/N=C/c4cc(Br)c(O)c(Br)c4O)(C1)C[C@@](C)(C3)C2. The van der Waals surface area contributed by atoms with Gasteiger partial charge < -0.3 is 10.2 Å². The fourth-order valence-corrected chi connectivity index (χ4v) is 7.85. The zero-order valence-electron chi connectivity index (χ0n) is 15.5. The summed E-state index contributed by atoms with van der Waals surface area (Å²) in [7, 11) is 0. The summed E-state index contributed by atoms with van der Waals surface area (Å²) in [6.07, 6.45) is 7.95. The largest absolute Gasteiger partial charge is 0.506 e. The maximum absolute atomic E-state index is 13.1. The Balaban J connectivity index is 1.53. The number of hydrogen-bond donors (Lipinski definition) is 3. The summed E-state index contributed by atoms with van der Waals surface area (Å²) >= 11 is 6.37. The quantitative estimate of drug-likeness (QED) is 0.401. The molecule has 0 radical (unpaired) electrons. The molecule has 0 aliphatic heterocycles. The summed E-state index contributed by atoms with van der Waals surface area (Å²) in [5.41, 5.74) is 3.34. The van der Waals surface area contributed by atoms with Crippen molar-refractivity contribution < 1.29 is 15.0 Å². The van der Waals surface area contributed by atoms with Crippen molar-refractivity contribution in [3.63, 3.8) is 0 Å². The van der Waals surface area contributed by atoms with Crippen LogP contribution in [0.25, 0.3) is 0 Å². The Kier molecular flexibility index (Phi) is 4.43. The number of nitrogens with one attached hydrogen (secondary N) is 1. The molecule has 0 heterocycles. The average molecular weight is 500 g/mol. The van der Waals surface area contributed by atoms with Crippen molar-refractivity contribution in [1.82, 2.24) is 5.43 Å². The van der Waals surface area contributed by atoms with E-state index in [9.17, 15) is 15.0 Å². The number of phenols is 2. The number of amides is 1. The van der Waals surface area contributed by atoms with Crippen LogP contribution >= 0.6 is 31.9 Å². The van der Waals surface area contributed by atoms with E-state index in [-0.39, 0.29) is 38.1 Å². The van der Waals surface area contributed by atoms with E-state index < -0.39 is 0 Å². The maximum Gasteiger partial charge on any atom is 0.246 e. The third-order valence-electron chi connectivity index (χ3n) is 6.68. The number of hydrazone groups is 1. The summed E-state index contributed by atoms with van der Waals surface area (Å²) in [6, 6.07) is 1.55. The smallest absolute Gasteiger partial charge is 0.246 e. The number of benzene rings is 1. The molecule has 0 spiro atoms. The molecule has 4 saturated carbocycles. The zero-order chi connectivity index (χ0) is 19.6. The monoisotopic (exact) mass is 498 g/mol. The molecule has 1 amide bonds. The number of halogens is 2. The van der Waals surface area contributed by atoms with Gasteiger partial charge in [0.05, 0.1) is 16.1 Å². The van der Waals surface area contributed by atoms with Crippen LogP contribution in [0, 0.1) is 22.2 Å². The van der Waals surface area contributed by atoms with Gasteiger partial charge in [-0.3, -0.25) is 4.79 Å². The summed E-state index contributed by atoms with van der Waals surface area (Å²) in [5.74, 6) is 0.433. The van der Waals surface area contributed by atoms with Gasteiger partial charge in [-0.1, -0.05) is 13.8 Å². The van der Waals surface area contributed by atoms with E-state index in [4.69, 9.17) is 0 Å². The van der Waals surface area contributed by atoms with Crippen LogP contribution in [0.2, 0.25) is 0 Å². The molecule has 146 valence electrons. The minimum absolute atomic E-state index is 0.00306. The molecule has 5 nitrogen and oxygen atoms in total. The topological polar surface area (TPSA) is 81.9 Å². The summed E-state index contributed by atoms with van der Waals surface area (Å²) < 4.78 is 0.619. The lowest BCUT2D eigenvalue weighted by Gasteiger charge is -2.64. The fraction of sp³-hybridized carbons (Fsp3) is 0.600. The minimum Gasteiger partial charge on any atom is -0.506 e. The molecule has 4 aliphatic carbocycles. The van der Waals surface area contributed by atoms with Crippen molar-refractivity contribution >= 4 is 44.0 Å². The van der Waals surface area contributed by atoms with Crippen LogP contribution in [0.4, 0.5) is 0 Å². The van der Waals surface area contributed by atoms with Crippen molar-refractivity contribution in [2.24, 2.45) is 27.3 Å². The number of phenolic OH excluding ortho intramolecular Hbond substituents is 2. The number of rotatable bonds is 3. The molecule has 4 fully saturated rings. The summed E-state index contributed by atoms with van der Waals surface area (Å²) in [4.78, 5) is 13.1. The highest BCUT2D eigenvalue weighted by molar-refractivity contribution is 9.11. The van der Waals surface area contributed by atoms with Crippen LogP contribution in [0.1, 0.15) is 57.9 Å². The van der Waals surface area contributed by atoms with Gasteiger partial charge >= 0.3 is 0 Å². The standard InChI is InChI=1S/C20H24Br2N2O3/c1-18-4-11-5-19(2,8-18)10-20(6-11,9-18)17(27)24-23-7-12-3-13(21)16(26)14(22)15(12)25/h3,7,11,25-26H,4-6,8-10H2,1-2H3,(H,24,27)/b23-7+/t11?,18-,19+,20?. The van der Waals surface area contributed by atoms with E-state index in [1.807, 2.05) is 0 Å². The van der Waals surface area contributed by atoms with Crippen LogP contribution in [0.3, 0.4) is 0 Å². The number of carbonyl (C=O) groups excluding carboxylic acids is 1. The van der Waals surface area contributed by atoms with Gasteiger partial charge in [0.15, 0.2) is 0 Å². The molecule has 7 heteroatoms. The minimum atomic E-state index is -0.321. The molecule has 2 unspecified atom stereocenters. The van der Waals surface area contributed by atoms with Gasteiger partial charge in [0, 0.05) is 5.56 Å². The van der Waals surface area contributed by atoms with Crippen LogP contribution < -0.4 is 5.43 Å². The number of aromatic hydroxyl groups is 2. The lowest BCUT2D eigenvalue weighted by atomic mass is 9.40. The lowest BCUT2D eigenvalue weighted by molar-refractivity contribution is -0.170. The van der Waals surface area contributed by atoms with Gasteiger partial charge in [-0.15, -0.1) is 0 Å². The second-order valence-electron chi connectivity index (χ2n) is 9.57. The van der Waals surface area contributed by atoms with Gasteiger partial charge in [0.25, 0.3) is 0 Å². The molecule has 27 heavy (non-hydrogen) atoms. The number of hydrogen-bond acceptors (Lipinski definition) is 4. The lowest BCUT2D eigenvalue weighted by Crippen LogP contribution is -2.59. The summed E-state index contributed by atoms with van der Waals surface area (Å²) in [6.45, 7) is 4.68. The molecule has 4 bridgehead atoms. The molecule has 3 N–H and O–H groups in total. The fourth-order valence-electron chi connectivity index (χ4n) is 6.70. The highest BCUT2D eigenvalue weighted by Crippen LogP contribution is 2.69. The van der Waals surface area contributed by atoms with E-state index in [1.165, 1.54) is 25.5 Å². The first-order chi connectivity index (χ1) is 12.5. The van der Waals surface area contributed by atoms with Gasteiger partial charge in [-0.05, 0) is 93.2 Å². The third-order valence-corrected chi connectivity index (χ3v) is 8.03.